The fourth-order valence-corrected chi connectivity index (χ4v) is 4.02. The minimum atomic E-state index is -5.25. The Bertz CT molecular complexity index is 938. The first-order valence-electron chi connectivity index (χ1n) is 9.53. The van der Waals surface area contributed by atoms with Crippen LogP contribution in [0.15, 0.2) is 11.5 Å². The van der Waals surface area contributed by atoms with Crippen molar-refractivity contribution < 1.29 is 97.7 Å². The largest absolute Gasteiger partial charge is 1.00 e. The zero-order valence-electron chi connectivity index (χ0n) is 18.9. The molecule has 2 aromatic rings. The van der Waals surface area contributed by atoms with Gasteiger partial charge in [-0.1, -0.05) is 18.7 Å². The van der Waals surface area contributed by atoms with Crippen molar-refractivity contribution in [3.05, 3.63) is 6.33 Å². The Hall–Kier alpha value is 0.650. The number of rotatable bonds is 11. The summed E-state index contributed by atoms with van der Waals surface area (Å²) in [5.41, 5.74) is 0.773. The zero-order valence-corrected chi connectivity index (χ0v) is 24.6. The minimum Gasteiger partial charge on any atom is -0.790 e. The summed E-state index contributed by atoms with van der Waals surface area (Å²) in [5, 5.41) is 24.3. The van der Waals surface area contributed by atoms with E-state index in [9.17, 15) is 24.6 Å². The predicted molar refractivity (Wildman–Crippen MR) is 106 cm³/mol. The molecule has 3 rings (SSSR count). The van der Waals surface area contributed by atoms with Gasteiger partial charge in [-0.15, -0.1) is 0 Å². The number of phosphoric acid groups is 1. The quantitative estimate of drug-likeness (QED) is 0.0830. The van der Waals surface area contributed by atoms with Gasteiger partial charge in [-0.2, -0.15) is 0 Å². The molecular weight excluding hydrogens is 499 g/mol. The van der Waals surface area contributed by atoms with Gasteiger partial charge in [0, 0.05) is 19.4 Å². The maximum atomic E-state index is 10.7. The molecule has 2 aromatic heterocycles. The van der Waals surface area contributed by atoms with Crippen LogP contribution in [0, 0.1) is 0 Å². The van der Waals surface area contributed by atoms with Crippen LogP contribution in [0.2, 0.25) is 0 Å². The number of phosphoric ester groups is 1. The van der Waals surface area contributed by atoms with Gasteiger partial charge in [0.15, 0.2) is 28.4 Å². The van der Waals surface area contributed by atoms with Gasteiger partial charge >= 0.3 is 59.1 Å². The maximum absolute atomic E-state index is 10.7. The monoisotopic (exact) mass is 523 g/mol. The van der Waals surface area contributed by atoms with Crippen molar-refractivity contribution in [2.24, 2.45) is 0 Å². The molecule has 3 N–H and O–H groups in total. The Morgan fingerprint density at radius 2 is 2.03 bits per heavy atom. The Morgan fingerprint density at radius 3 is 2.67 bits per heavy atom. The van der Waals surface area contributed by atoms with Gasteiger partial charge in [-0.25, -0.2) is 15.0 Å². The van der Waals surface area contributed by atoms with E-state index in [0.29, 0.717) is 35.3 Å². The molecule has 0 spiro atoms. The Morgan fingerprint density at radius 1 is 1.30 bits per heavy atom. The van der Waals surface area contributed by atoms with E-state index < -0.39 is 39.0 Å². The molecule has 33 heavy (non-hydrogen) atoms. The number of ether oxygens (including phenoxy) is 2. The van der Waals surface area contributed by atoms with Gasteiger partial charge in [0.2, 0.25) is 0 Å². The first kappa shape index (κ1) is 31.7. The van der Waals surface area contributed by atoms with E-state index in [1.54, 1.807) is 7.11 Å². The Balaban J connectivity index is 0.00000272. The number of imidazole rings is 1. The predicted octanol–water partition coefficient (Wildman–Crippen LogP) is -7.14. The second kappa shape index (κ2) is 14.4. The molecule has 1 aliphatic rings. The molecule has 0 amide bonds. The topological polar surface area (TPSA) is 187 Å². The standard InChI is InChI=1S/C16H26N5O8PS.2Na/c1-3-6-31-16-19-13(17-4-5-27-2)10-14(20-16)21(8-18-10)15-12(23)11(22)9(29-15)7-28-30(24,25)26;;/h8-9,11-12,15,22-23H,3-7H2,1-2H3,(H,17,19,20)(H2,24,25,26);;/q;2*+1/p-2/t9-,11-,12-,15-;;/m1../s1. The summed E-state index contributed by atoms with van der Waals surface area (Å²) >= 11 is 1.45. The summed E-state index contributed by atoms with van der Waals surface area (Å²) in [7, 11) is -3.67. The SMILES string of the molecule is CCCSc1nc(NCCOC)c2ncn([C@@H]3O[C@H](COP(=O)([O-])[O-])[C@@H](O)[C@H]3O)c2n1.[Na+].[Na+]. The van der Waals surface area contributed by atoms with Gasteiger partial charge in [0.05, 0.1) is 27.4 Å². The van der Waals surface area contributed by atoms with Crippen LogP contribution >= 0.6 is 19.6 Å². The fourth-order valence-electron chi connectivity index (χ4n) is 3.00. The van der Waals surface area contributed by atoms with Crippen molar-refractivity contribution in [3.8, 4) is 0 Å². The summed E-state index contributed by atoms with van der Waals surface area (Å²) in [6.07, 6.45) is -2.98. The van der Waals surface area contributed by atoms with Gasteiger partial charge in [0.25, 0.3) is 0 Å². The summed E-state index contributed by atoms with van der Waals surface area (Å²) in [6.45, 7) is 2.24. The number of thioether (sulfide) groups is 1. The number of aromatic nitrogens is 4. The van der Waals surface area contributed by atoms with E-state index in [0.717, 1.165) is 12.2 Å². The number of hydrogen-bond acceptors (Lipinski definition) is 13. The number of aliphatic hydroxyl groups is 2. The molecule has 1 saturated heterocycles. The van der Waals surface area contributed by atoms with Crippen molar-refractivity contribution in [2.75, 3.05) is 37.9 Å². The van der Waals surface area contributed by atoms with Crippen LogP contribution in [0.4, 0.5) is 5.82 Å². The van der Waals surface area contributed by atoms with Crippen LogP contribution in [-0.2, 0) is 18.6 Å². The van der Waals surface area contributed by atoms with E-state index in [4.69, 9.17) is 9.47 Å². The van der Waals surface area contributed by atoms with Crippen molar-refractivity contribution in [2.45, 2.75) is 43.0 Å². The van der Waals surface area contributed by atoms with E-state index in [1.165, 1.54) is 22.7 Å². The van der Waals surface area contributed by atoms with E-state index in [-0.39, 0.29) is 59.1 Å². The molecule has 1 fully saturated rings. The molecule has 4 atom stereocenters. The average Bonchev–Trinajstić information content (AvgIpc) is 3.26. The van der Waals surface area contributed by atoms with Crippen LogP contribution in [0.1, 0.15) is 19.6 Å². The Kier molecular flexibility index (Phi) is 13.8. The first-order valence-corrected chi connectivity index (χ1v) is 12.0. The summed E-state index contributed by atoms with van der Waals surface area (Å²) in [5.74, 6) is 1.27. The molecule has 3 heterocycles. The van der Waals surface area contributed by atoms with Crippen molar-refractivity contribution in [1.82, 2.24) is 19.5 Å². The number of aliphatic hydroxyl groups excluding tert-OH is 2. The van der Waals surface area contributed by atoms with Crippen LogP contribution in [-0.4, -0.2) is 80.7 Å². The number of nitrogens with one attached hydrogen (secondary N) is 1. The maximum Gasteiger partial charge on any atom is 1.00 e. The van der Waals surface area contributed by atoms with E-state index >= 15 is 0 Å². The zero-order chi connectivity index (χ0) is 22.6. The third kappa shape index (κ3) is 8.34. The van der Waals surface area contributed by atoms with Crippen LogP contribution in [0.5, 0.6) is 0 Å². The normalized spacial score (nSPS) is 22.7. The Labute approximate surface area is 239 Å². The van der Waals surface area contributed by atoms with Crippen molar-refractivity contribution >= 4 is 36.6 Å². The molecule has 17 heteroatoms. The fraction of sp³-hybridized carbons (Fsp3) is 0.688. The average molecular weight is 523 g/mol. The number of fused-ring (bicyclic) bond motifs is 1. The second-order valence-corrected chi connectivity index (χ2v) is 8.95. The first-order chi connectivity index (χ1) is 14.7. The smallest absolute Gasteiger partial charge is 0.790 e. The number of anilines is 1. The number of nitrogens with zero attached hydrogens (tertiary/aromatic N) is 4. The van der Waals surface area contributed by atoms with Crippen LogP contribution in [0.3, 0.4) is 0 Å². The number of methoxy groups -OCH3 is 1. The summed E-state index contributed by atoms with van der Waals surface area (Å²) in [4.78, 5) is 34.8. The van der Waals surface area contributed by atoms with Gasteiger partial charge in [-0.05, 0) is 6.42 Å². The minimum absolute atomic E-state index is 0. The van der Waals surface area contributed by atoms with Crippen molar-refractivity contribution in [3.63, 3.8) is 0 Å². The molecule has 0 aromatic carbocycles. The molecule has 174 valence electrons. The van der Waals surface area contributed by atoms with Gasteiger partial charge in [0.1, 0.15) is 18.3 Å². The molecule has 0 unspecified atom stereocenters. The molecule has 0 radical (unpaired) electrons. The summed E-state index contributed by atoms with van der Waals surface area (Å²) in [6, 6.07) is 0. The van der Waals surface area contributed by atoms with Gasteiger partial charge < -0.3 is 43.9 Å². The molecule has 1 aliphatic heterocycles. The molecular formula is C16H24N5Na2O8PS. The molecule has 0 saturated carbocycles. The molecule has 0 bridgehead atoms. The number of hydrogen-bond donors (Lipinski definition) is 3. The van der Waals surface area contributed by atoms with Crippen molar-refractivity contribution in [1.29, 1.82) is 0 Å². The summed E-state index contributed by atoms with van der Waals surface area (Å²) < 4.78 is 27.0. The van der Waals surface area contributed by atoms with Crippen LogP contribution in [0.25, 0.3) is 11.2 Å². The van der Waals surface area contributed by atoms with Gasteiger partial charge in [-0.3, -0.25) is 4.57 Å². The third-order valence-electron chi connectivity index (χ3n) is 4.44. The molecule has 13 nitrogen and oxygen atoms in total. The molecule has 0 aliphatic carbocycles. The second-order valence-electron chi connectivity index (χ2n) is 6.74. The third-order valence-corrected chi connectivity index (χ3v) is 5.96. The van der Waals surface area contributed by atoms with E-state index in [2.05, 4.69) is 24.8 Å². The van der Waals surface area contributed by atoms with E-state index in [1.807, 2.05) is 6.92 Å². The van der Waals surface area contributed by atoms with Crippen LogP contribution < -0.4 is 74.2 Å².